The number of nitrogens with zero attached hydrogens (tertiary/aromatic N) is 1. The quantitative estimate of drug-likeness (QED) is 0.238. The molecular weight excluding hydrogens is 616 g/mol. The molecule has 1 saturated carbocycles. The van der Waals surface area contributed by atoms with Crippen molar-refractivity contribution in [2.45, 2.75) is 81.6 Å². The van der Waals surface area contributed by atoms with Crippen LogP contribution in [0, 0.1) is 11.3 Å². The van der Waals surface area contributed by atoms with Gasteiger partial charge in [-0.2, -0.15) is 5.26 Å². The Labute approximate surface area is 268 Å². The fraction of sp³-hybridized carbons (Fsp3) is 0.353. The van der Waals surface area contributed by atoms with E-state index < -0.39 is 55.6 Å². The van der Waals surface area contributed by atoms with Crippen molar-refractivity contribution in [3.05, 3.63) is 88.9 Å². The van der Waals surface area contributed by atoms with E-state index in [1.54, 1.807) is 102 Å². The lowest BCUT2D eigenvalue weighted by Crippen LogP contribution is -2.57. The lowest BCUT2D eigenvalue weighted by atomic mass is 10.0. The van der Waals surface area contributed by atoms with Crippen molar-refractivity contribution in [1.29, 1.82) is 5.26 Å². The van der Waals surface area contributed by atoms with Crippen LogP contribution in [0.25, 0.3) is 11.1 Å². The van der Waals surface area contributed by atoms with Gasteiger partial charge in [0.2, 0.25) is 9.84 Å². The number of carbonyl (C=O) groups excluding carboxylic acids is 3. The van der Waals surface area contributed by atoms with Crippen LogP contribution in [0.15, 0.2) is 77.7 Å². The molecule has 1 fully saturated rings. The summed E-state index contributed by atoms with van der Waals surface area (Å²) in [5.41, 5.74) is -1.10. The third-order valence-corrected chi connectivity index (χ3v) is 8.96. The van der Waals surface area contributed by atoms with E-state index in [4.69, 9.17) is 21.1 Å². The summed E-state index contributed by atoms with van der Waals surface area (Å²) in [4.78, 5) is 40.7. The van der Waals surface area contributed by atoms with Crippen LogP contribution in [0.2, 0.25) is 5.02 Å². The maximum Gasteiger partial charge on any atom is 0.332 e. The molecule has 236 valence electrons. The first-order valence-electron chi connectivity index (χ1n) is 14.3. The zero-order chi connectivity index (χ0) is 33.4. The van der Waals surface area contributed by atoms with Crippen LogP contribution < -0.4 is 5.32 Å². The average molecular weight is 651 g/mol. The predicted molar refractivity (Wildman–Crippen MR) is 169 cm³/mol. The molecule has 1 unspecified atom stereocenters. The molecule has 9 nitrogen and oxygen atoms in total. The Morgan fingerprint density at radius 1 is 0.867 bits per heavy atom. The van der Waals surface area contributed by atoms with Crippen molar-refractivity contribution in [3.8, 4) is 17.2 Å². The number of sulfone groups is 1. The Hall–Kier alpha value is -4.04. The van der Waals surface area contributed by atoms with Crippen molar-refractivity contribution in [2.75, 3.05) is 0 Å². The Bertz CT molecular complexity index is 1750. The molecule has 0 aliphatic heterocycles. The minimum Gasteiger partial charge on any atom is -0.459 e. The van der Waals surface area contributed by atoms with Crippen LogP contribution in [-0.2, 0) is 33.7 Å². The molecule has 1 aliphatic rings. The largest absolute Gasteiger partial charge is 0.459 e. The van der Waals surface area contributed by atoms with Gasteiger partial charge in [-0.25, -0.2) is 13.2 Å². The van der Waals surface area contributed by atoms with Gasteiger partial charge in [-0.15, -0.1) is 0 Å². The van der Waals surface area contributed by atoms with Crippen LogP contribution in [0.3, 0.4) is 0 Å². The first-order chi connectivity index (χ1) is 20.9. The van der Waals surface area contributed by atoms with E-state index in [2.05, 4.69) is 5.32 Å². The number of nitriles is 1. The third-order valence-electron chi connectivity index (χ3n) is 7.05. The fourth-order valence-corrected chi connectivity index (χ4v) is 6.16. The molecular formula is C34H35ClN2O7S. The molecule has 0 spiro atoms. The molecule has 0 saturated heterocycles. The molecule has 0 heterocycles. The Kier molecular flexibility index (Phi) is 9.32. The molecule has 0 amide bonds. The van der Waals surface area contributed by atoms with Crippen molar-refractivity contribution in [3.63, 3.8) is 0 Å². The average Bonchev–Trinajstić information content (AvgIpc) is 3.70. The second-order valence-electron chi connectivity index (χ2n) is 12.9. The standard InChI is InChI=1S/C34H35ClN2O7S/c1-32(2,3)43-29(38)28(30(39)45(41,42)26-17-13-23(14-18-26)22-11-15-25(35)16-12-22)37-34(31(40)44-33(4,5)6)19-27(34)24-9-7-21(20-36)8-10-24/h7-18,27-28,37H,19H2,1-6H3/t27-,28?,34+/m0/s1. The zero-order valence-electron chi connectivity index (χ0n) is 25.9. The SMILES string of the molecule is CC(C)(C)OC(=O)C(N[C@]1(C(=O)OC(C)(C)C)C[C@H]1c1ccc(C#N)cc1)C(=O)S(=O)(=O)c1ccc(-c2ccc(Cl)cc2)cc1. The highest BCUT2D eigenvalue weighted by molar-refractivity contribution is 8.06. The molecule has 0 aromatic heterocycles. The van der Waals surface area contributed by atoms with E-state index >= 15 is 0 Å². The summed E-state index contributed by atoms with van der Waals surface area (Å²) in [6.45, 7) is 9.76. The van der Waals surface area contributed by atoms with Crippen molar-refractivity contribution < 1.29 is 32.3 Å². The first-order valence-corrected chi connectivity index (χ1v) is 16.1. The monoisotopic (exact) mass is 650 g/mol. The topological polar surface area (TPSA) is 140 Å². The van der Waals surface area contributed by atoms with E-state index in [1.807, 2.05) is 6.07 Å². The Morgan fingerprint density at radius 2 is 1.38 bits per heavy atom. The number of carbonyl (C=O) groups is 3. The maximum absolute atomic E-state index is 13.9. The summed E-state index contributed by atoms with van der Waals surface area (Å²) in [6, 6.07) is 19.1. The Morgan fingerprint density at radius 3 is 1.87 bits per heavy atom. The number of rotatable bonds is 8. The second-order valence-corrected chi connectivity index (χ2v) is 15.2. The fourth-order valence-electron chi connectivity index (χ4n) is 4.84. The van der Waals surface area contributed by atoms with Crippen LogP contribution in [-0.4, -0.2) is 48.3 Å². The lowest BCUT2D eigenvalue weighted by Gasteiger charge is -2.29. The minimum absolute atomic E-state index is 0.107. The van der Waals surface area contributed by atoms with E-state index in [1.165, 1.54) is 12.1 Å². The molecule has 3 atom stereocenters. The maximum atomic E-state index is 13.9. The molecule has 1 N–H and O–H groups in total. The molecule has 11 heteroatoms. The molecule has 4 rings (SSSR count). The van der Waals surface area contributed by atoms with Crippen LogP contribution in [0.5, 0.6) is 0 Å². The Balaban J connectivity index is 1.72. The van der Waals surface area contributed by atoms with Gasteiger partial charge in [0.05, 0.1) is 16.5 Å². The smallest absolute Gasteiger partial charge is 0.332 e. The van der Waals surface area contributed by atoms with E-state index in [0.717, 1.165) is 5.56 Å². The summed E-state index contributed by atoms with van der Waals surface area (Å²) in [6.07, 6.45) is 0.107. The van der Waals surface area contributed by atoms with E-state index in [0.29, 0.717) is 21.7 Å². The normalized spacial score (nSPS) is 18.8. The van der Waals surface area contributed by atoms with Crippen LogP contribution in [0.1, 0.15) is 65.0 Å². The summed E-state index contributed by atoms with van der Waals surface area (Å²) in [5, 5.41) is 11.1. The zero-order valence-corrected chi connectivity index (χ0v) is 27.5. The van der Waals surface area contributed by atoms with E-state index in [9.17, 15) is 28.1 Å². The number of nitrogens with one attached hydrogen (secondary N) is 1. The number of hydrogen-bond donors (Lipinski definition) is 1. The minimum atomic E-state index is -4.75. The van der Waals surface area contributed by atoms with Crippen LogP contribution >= 0.6 is 11.6 Å². The first kappa shape index (κ1) is 33.8. The van der Waals surface area contributed by atoms with Gasteiger partial charge in [0.1, 0.15) is 16.7 Å². The number of halogens is 1. The molecule has 3 aromatic carbocycles. The summed E-state index contributed by atoms with van der Waals surface area (Å²) >= 11 is 5.97. The highest BCUT2D eigenvalue weighted by Gasteiger charge is 2.65. The van der Waals surface area contributed by atoms with Crippen molar-refractivity contribution in [1.82, 2.24) is 5.32 Å². The lowest BCUT2D eigenvalue weighted by molar-refractivity contribution is -0.162. The number of hydrogen-bond acceptors (Lipinski definition) is 9. The highest BCUT2D eigenvalue weighted by atomic mass is 35.5. The third kappa shape index (κ3) is 7.79. The molecule has 0 radical (unpaired) electrons. The van der Waals surface area contributed by atoms with E-state index in [-0.39, 0.29) is 11.3 Å². The molecule has 45 heavy (non-hydrogen) atoms. The highest BCUT2D eigenvalue weighted by Crippen LogP contribution is 2.53. The van der Waals surface area contributed by atoms with Gasteiger partial charge in [-0.3, -0.25) is 14.9 Å². The second kappa shape index (κ2) is 12.4. The van der Waals surface area contributed by atoms with Gasteiger partial charge >= 0.3 is 11.9 Å². The number of ether oxygens (including phenoxy) is 2. The van der Waals surface area contributed by atoms with Gasteiger partial charge < -0.3 is 9.47 Å². The predicted octanol–water partition coefficient (Wildman–Crippen LogP) is 5.75. The summed E-state index contributed by atoms with van der Waals surface area (Å²) in [7, 11) is -4.75. The number of benzene rings is 3. The van der Waals surface area contributed by atoms with Gasteiger partial charge in [0.25, 0.3) is 5.12 Å². The van der Waals surface area contributed by atoms with Gasteiger partial charge in [0.15, 0.2) is 6.04 Å². The van der Waals surface area contributed by atoms with Gasteiger partial charge in [0, 0.05) is 10.9 Å². The molecule has 1 aliphatic carbocycles. The summed E-state index contributed by atoms with van der Waals surface area (Å²) in [5.74, 6) is -2.49. The molecule has 0 bridgehead atoms. The number of esters is 2. The van der Waals surface area contributed by atoms with Crippen molar-refractivity contribution in [2.24, 2.45) is 0 Å². The van der Waals surface area contributed by atoms with Crippen LogP contribution in [0.4, 0.5) is 0 Å². The summed E-state index contributed by atoms with van der Waals surface area (Å²) < 4.78 is 38.6. The molecule has 3 aromatic rings. The van der Waals surface area contributed by atoms with Crippen molar-refractivity contribution >= 4 is 38.5 Å². The van der Waals surface area contributed by atoms with Gasteiger partial charge in [-0.1, -0.05) is 48.0 Å². The van der Waals surface area contributed by atoms with Gasteiger partial charge in [-0.05, 0) is 101 Å².